The van der Waals surface area contributed by atoms with Crippen LogP contribution in [-0.2, 0) is 4.79 Å². The van der Waals surface area contributed by atoms with Crippen molar-refractivity contribution < 1.29 is 4.79 Å². The maximum absolute atomic E-state index is 12.4. The monoisotopic (exact) mass is 250 g/mol. The van der Waals surface area contributed by atoms with Crippen LogP contribution >= 0.6 is 0 Å². The minimum absolute atomic E-state index is 0.0882. The predicted molar refractivity (Wildman–Crippen MR) is 74.8 cm³/mol. The summed E-state index contributed by atoms with van der Waals surface area (Å²) in [5.74, 6) is 3.44. The number of carbonyl (C=O) groups excluding carboxylic acids is 1. The molecule has 3 nitrogen and oxygen atoms in total. The molecule has 1 aliphatic rings. The van der Waals surface area contributed by atoms with Crippen molar-refractivity contribution in [3.05, 3.63) is 0 Å². The highest BCUT2D eigenvalue weighted by Crippen LogP contribution is 2.38. The number of hydrogen-bond acceptors (Lipinski definition) is 2. The zero-order valence-electron chi connectivity index (χ0n) is 11.7. The molecular weight excluding hydrogens is 224 g/mol. The highest BCUT2D eigenvalue weighted by Gasteiger charge is 2.40. The van der Waals surface area contributed by atoms with Crippen LogP contribution in [0.5, 0.6) is 0 Å². The first kappa shape index (κ1) is 15.0. The third-order valence-electron chi connectivity index (χ3n) is 4.30. The quantitative estimate of drug-likeness (QED) is 0.734. The molecule has 102 valence electrons. The van der Waals surface area contributed by atoms with Gasteiger partial charge in [0.25, 0.3) is 0 Å². The van der Waals surface area contributed by atoms with Crippen molar-refractivity contribution in [1.82, 2.24) is 5.32 Å². The maximum atomic E-state index is 12.4. The van der Waals surface area contributed by atoms with Crippen LogP contribution in [0.3, 0.4) is 0 Å². The third kappa shape index (κ3) is 3.49. The molecule has 0 heterocycles. The van der Waals surface area contributed by atoms with Crippen LogP contribution in [0.15, 0.2) is 0 Å². The van der Waals surface area contributed by atoms with Crippen LogP contribution in [0.2, 0.25) is 0 Å². The lowest BCUT2D eigenvalue weighted by Crippen LogP contribution is -2.50. The fourth-order valence-electron chi connectivity index (χ4n) is 2.62. The van der Waals surface area contributed by atoms with Gasteiger partial charge >= 0.3 is 0 Å². The molecule has 1 atom stereocenters. The minimum Gasteiger partial charge on any atom is -0.352 e. The Morgan fingerprint density at radius 3 is 2.61 bits per heavy atom. The molecule has 18 heavy (non-hydrogen) atoms. The SMILES string of the molecule is C#CCC(CC)NC(=O)C1(CN)CCC(C)CC1. The summed E-state index contributed by atoms with van der Waals surface area (Å²) in [6, 6.07) is 0.0882. The summed E-state index contributed by atoms with van der Waals surface area (Å²) in [7, 11) is 0. The van der Waals surface area contributed by atoms with E-state index in [4.69, 9.17) is 12.2 Å². The first-order valence-corrected chi connectivity index (χ1v) is 7.02. The lowest BCUT2D eigenvalue weighted by Gasteiger charge is -2.38. The van der Waals surface area contributed by atoms with Crippen LogP contribution < -0.4 is 11.1 Å². The molecule has 1 amide bonds. The van der Waals surface area contributed by atoms with Gasteiger partial charge in [-0.2, -0.15) is 0 Å². The first-order valence-electron chi connectivity index (χ1n) is 7.02. The molecule has 0 aromatic carbocycles. The minimum atomic E-state index is -0.353. The average molecular weight is 250 g/mol. The average Bonchev–Trinajstić information content (AvgIpc) is 2.39. The van der Waals surface area contributed by atoms with Crippen LogP contribution in [0, 0.1) is 23.7 Å². The van der Waals surface area contributed by atoms with E-state index in [1.807, 2.05) is 6.92 Å². The molecule has 0 bridgehead atoms. The van der Waals surface area contributed by atoms with Crippen molar-refractivity contribution in [1.29, 1.82) is 0 Å². The second-order valence-electron chi connectivity index (χ2n) is 5.65. The van der Waals surface area contributed by atoms with Crippen molar-refractivity contribution in [2.24, 2.45) is 17.1 Å². The van der Waals surface area contributed by atoms with Gasteiger partial charge in [-0.1, -0.05) is 13.8 Å². The Hall–Kier alpha value is -1.01. The molecule has 0 spiro atoms. The Labute approximate surface area is 111 Å². The van der Waals surface area contributed by atoms with Gasteiger partial charge in [0.15, 0.2) is 0 Å². The summed E-state index contributed by atoms with van der Waals surface area (Å²) in [6.07, 6.45) is 10.8. The van der Waals surface area contributed by atoms with E-state index < -0.39 is 0 Å². The number of hydrogen-bond donors (Lipinski definition) is 2. The second-order valence-corrected chi connectivity index (χ2v) is 5.65. The maximum Gasteiger partial charge on any atom is 0.227 e. The molecule has 0 aliphatic heterocycles. The highest BCUT2D eigenvalue weighted by atomic mass is 16.2. The van der Waals surface area contributed by atoms with Crippen LogP contribution in [0.25, 0.3) is 0 Å². The van der Waals surface area contributed by atoms with Crippen molar-refractivity contribution >= 4 is 5.91 Å². The third-order valence-corrected chi connectivity index (χ3v) is 4.30. The smallest absolute Gasteiger partial charge is 0.227 e. The molecule has 1 aliphatic carbocycles. The van der Waals surface area contributed by atoms with Gasteiger partial charge in [0.1, 0.15) is 0 Å². The largest absolute Gasteiger partial charge is 0.352 e. The van der Waals surface area contributed by atoms with E-state index in [1.54, 1.807) is 0 Å². The highest BCUT2D eigenvalue weighted by molar-refractivity contribution is 5.83. The van der Waals surface area contributed by atoms with Gasteiger partial charge in [0.2, 0.25) is 5.91 Å². The molecule has 0 radical (unpaired) electrons. The van der Waals surface area contributed by atoms with Crippen LogP contribution in [0.1, 0.15) is 52.4 Å². The molecule has 1 rings (SSSR count). The number of rotatable bonds is 5. The number of terminal acetylenes is 1. The number of carbonyl (C=O) groups is 1. The fourth-order valence-corrected chi connectivity index (χ4v) is 2.62. The zero-order valence-corrected chi connectivity index (χ0v) is 11.7. The standard InChI is InChI=1S/C15H26N2O/c1-4-6-13(5-2)17-14(18)15(11-16)9-7-12(3)8-10-15/h1,12-13H,5-11,16H2,2-3H3,(H,17,18). The molecular formula is C15H26N2O. The van der Waals surface area contributed by atoms with Gasteiger partial charge < -0.3 is 11.1 Å². The van der Waals surface area contributed by atoms with Crippen molar-refractivity contribution in [2.45, 2.75) is 58.4 Å². The molecule has 0 aromatic rings. The van der Waals surface area contributed by atoms with Gasteiger partial charge in [-0.05, 0) is 38.0 Å². The Balaban J connectivity index is 2.65. The fraction of sp³-hybridized carbons (Fsp3) is 0.800. The van der Waals surface area contributed by atoms with Crippen molar-refractivity contribution in [3.63, 3.8) is 0 Å². The van der Waals surface area contributed by atoms with E-state index in [-0.39, 0.29) is 17.4 Å². The summed E-state index contributed by atoms with van der Waals surface area (Å²) in [4.78, 5) is 12.4. The first-order chi connectivity index (χ1) is 8.57. The van der Waals surface area contributed by atoms with Gasteiger partial charge in [0.05, 0.1) is 5.41 Å². The van der Waals surface area contributed by atoms with E-state index in [0.29, 0.717) is 18.9 Å². The lowest BCUT2D eigenvalue weighted by molar-refractivity contribution is -0.133. The molecule has 0 aromatic heterocycles. The second kappa shape index (κ2) is 6.80. The Bertz CT molecular complexity index is 311. The summed E-state index contributed by atoms with van der Waals surface area (Å²) >= 11 is 0. The molecule has 3 heteroatoms. The number of nitrogens with two attached hydrogens (primary N) is 1. The van der Waals surface area contributed by atoms with Crippen molar-refractivity contribution in [2.75, 3.05) is 6.54 Å². The van der Waals surface area contributed by atoms with Crippen LogP contribution in [0.4, 0.5) is 0 Å². The number of amides is 1. The summed E-state index contributed by atoms with van der Waals surface area (Å²) in [5.41, 5.74) is 5.52. The number of nitrogens with one attached hydrogen (secondary N) is 1. The zero-order chi connectivity index (χ0) is 13.6. The summed E-state index contributed by atoms with van der Waals surface area (Å²) in [5, 5.41) is 3.08. The van der Waals surface area contributed by atoms with Gasteiger partial charge in [-0.3, -0.25) is 4.79 Å². The van der Waals surface area contributed by atoms with Gasteiger partial charge in [0, 0.05) is 19.0 Å². The molecule has 0 saturated heterocycles. The van der Waals surface area contributed by atoms with E-state index >= 15 is 0 Å². The van der Waals surface area contributed by atoms with E-state index in [9.17, 15) is 4.79 Å². The Kier molecular flexibility index (Phi) is 5.68. The molecule has 1 fully saturated rings. The van der Waals surface area contributed by atoms with Gasteiger partial charge in [-0.15, -0.1) is 12.3 Å². The Morgan fingerprint density at radius 2 is 2.17 bits per heavy atom. The lowest BCUT2D eigenvalue weighted by atomic mass is 9.70. The van der Waals surface area contributed by atoms with E-state index in [0.717, 1.165) is 32.1 Å². The molecule has 1 saturated carbocycles. The summed E-state index contributed by atoms with van der Waals surface area (Å²) < 4.78 is 0. The molecule has 1 unspecified atom stereocenters. The topological polar surface area (TPSA) is 55.1 Å². The normalized spacial score (nSPS) is 29.3. The predicted octanol–water partition coefficient (Wildman–Crippen LogP) is 2.06. The Morgan fingerprint density at radius 1 is 1.56 bits per heavy atom. The van der Waals surface area contributed by atoms with Crippen LogP contribution in [-0.4, -0.2) is 18.5 Å². The van der Waals surface area contributed by atoms with Crippen molar-refractivity contribution in [3.8, 4) is 12.3 Å². The molecule has 3 N–H and O–H groups in total. The van der Waals surface area contributed by atoms with E-state index in [2.05, 4.69) is 18.2 Å². The summed E-state index contributed by atoms with van der Waals surface area (Å²) in [6.45, 7) is 4.73. The van der Waals surface area contributed by atoms with Gasteiger partial charge in [-0.25, -0.2) is 0 Å². The van der Waals surface area contributed by atoms with E-state index in [1.165, 1.54) is 0 Å².